The van der Waals surface area contributed by atoms with Crippen LogP contribution in [0.25, 0.3) is 0 Å². The van der Waals surface area contributed by atoms with Crippen molar-refractivity contribution in [3.05, 3.63) is 59.9 Å². The monoisotopic (exact) mass is 332 g/mol. The second-order valence-corrected chi connectivity index (χ2v) is 5.47. The Labute approximate surface area is 140 Å². The largest absolute Gasteiger partial charge is 0.489 e. The highest BCUT2D eigenvalue weighted by Gasteiger charge is 2.04. The summed E-state index contributed by atoms with van der Waals surface area (Å²) in [6, 6.07) is 12.8. The zero-order valence-corrected chi connectivity index (χ0v) is 13.5. The third kappa shape index (κ3) is 6.26. The van der Waals surface area contributed by atoms with E-state index in [0.29, 0.717) is 24.4 Å². The van der Waals surface area contributed by atoms with Gasteiger partial charge in [-0.05, 0) is 43.2 Å². The molecule has 0 aromatic heterocycles. The number of aliphatic hydroxyl groups excluding tert-OH is 1. The van der Waals surface area contributed by atoms with Gasteiger partial charge in [0.25, 0.3) is 0 Å². The van der Waals surface area contributed by atoms with Gasteiger partial charge in [0.05, 0.1) is 6.10 Å². The molecule has 0 bridgehead atoms. The first kappa shape index (κ1) is 17.7. The maximum absolute atomic E-state index is 13.1. The number of ether oxygens (including phenoxy) is 1. The van der Waals surface area contributed by atoms with Crippen molar-refractivity contribution in [3.63, 3.8) is 0 Å². The van der Waals surface area contributed by atoms with Crippen LogP contribution >= 0.6 is 0 Å². The molecule has 0 radical (unpaired) electrons. The summed E-state index contributed by atoms with van der Waals surface area (Å²) in [6.45, 7) is 2.29. The average molecular weight is 332 g/mol. The molecule has 0 aliphatic rings. The van der Waals surface area contributed by atoms with Gasteiger partial charge in [-0.2, -0.15) is 0 Å². The highest BCUT2D eigenvalue weighted by atomic mass is 19.1. The molecular weight excluding hydrogens is 311 g/mol. The number of hydrogen-bond donors (Lipinski definition) is 3. The molecule has 5 nitrogen and oxygen atoms in total. The SMILES string of the molecule is CC(O)CCNC(=O)Nc1cccc(OCc2cccc(F)c2)c1. The van der Waals surface area contributed by atoms with E-state index in [1.54, 1.807) is 43.3 Å². The lowest BCUT2D eigenvalue weighted by molar-refractivity contribution is 0.184. The third-order valence-corrected chi connectivity index (χ3v) is 3.23. The molecule has 2 rings (SSSR count). The molecule has 0 aliphatic carbocycles. The molecule has 0 fully saturated rings. The first-order valence-corrected chi connectivity index (χ1v) is 7.73. The normalized spacial score (nSPS) is 11.6. The number of anilines is 1. The van der Waals surface area contributed by atoms with Crippen molar-refractivity contribution >= 4 is 11.7 Å². The third-order valence-electron chi connectivity index (χ3n) is 3.23. The number of halogens is 1. The number of hydrogen-bond acceptors (Lipinski definition) is 3. The van der Waals surface area contributed by atoms with Crippen LogP contribution in [-0.2, 0) is 6.61 Å². The number of amides is 2. The number of rotatable bonds is 7. The zero-order valence-electron chi connectivity index (χ0n) is 13.5. The molecule has 128 valence electrons. The van der Waals surface area contributed by atoms with Crippen LogP contribution in [0.4, 0.5) is 14.9 Å². The van der Waals surface area contributed by atoms with Gasteiger partial charge in [0.15, 0.2) is 0 Å². The molecule has 1 atom stereocenters. The summed E-state index contributed by atoms with van der Waals surface area (Å²) in [7, 11) is 0. The summed E-state index contributed by atoms with van der Waals surface area (Å²) in [5.41, 5.74) is 1.31. The lowest BCUT2D eigenvalue weighted by Crippen LogP contribution is -2.30. The number of nitrogens with one attached hydrogen (secondary N) is 2. The summed E-state index contributed by atoms with van der Waals surface area (Å²) in [6.07, 6.45) is 0.0364. The van der Waals surface area contributed by atoms with Crippen LogP contribution in [0.5, 0.6) is 5.75 Å². The van der Waals surface area contributed by atoms with E-state index < -0.39 is 6.10 Å². The molecule has 0 aliphatic heterocycles. The van der Waals surface area contributed by atoms with Gasteiger partial charge in [0, 0.05) is 18.3 Å². The fraction of sp³-hybridized carbons (Fsp3) is 0.278. The number of carbonyl (C=O) groups excluding carboxylic acids is 1. The Hall–Kier alpha value is -2.60. The van der Waals surface area contributed by atoms with E-state index in [1.807, 2.05) is 0 Å². The predicted octanol–water partition coefficient (Wildman–Crippen LogP) is 3.30. The molecule has 2 aromatic rings. The molecule has 2 amide bonds. The topological polar surface area (TPSA) is 70.6 Å². The molecule has 0 saturated heterocycles. The number of carbonyl (C=O) groups is 1. The summed E-state index contributed by atoms with van der Waals surface area (Å²) in [5.74, 6) is 0.265. The minimum Gasteiger partial charge on any atom is -0.489 e. The molecule has 6 heteroatoms. The Morgan fingerprint density at radius 3 is 2.79 bits per heavy atom. The maximum atomic E-state index is 13.1. The van der Waals surface area contributed by atoms with E-state index in [1.165, 1.54) is 12.1 Å². The van der Waals surface area contributed by atoms with E-state index in [0.717, 1.165) is 5.56 Å². The van der Waals surface area contributed by atoms with Crippen LogP contribution in [0, 0.1) is 5.82 Å². The van der Waals surface area contributed by atoms with Gasteiger partial charge >= 0.3 is 6.03 Å². The summed E-state index contributed by atoms with van der Waals surface area (Å²) < 4.78 is 18.7. The molecule has 3 N–H and O–H groups in total. The van der Waals surface area contributed by atoms with E-state index in [4.69, 9.17) is 9.84 Å². The van der Waals surface area contributed by atoms with Gasteiger partial charge in [-0.1, -0.05) is 18.2 Å². The fourth-order valence-electron chi connectivity index (χ4n) is 2.03. The van der Waals surface area contributed by atoms with Crippen molar-refractivity contribution in [3.8, 4) is 5.75 Å². The molecule has 0 spiro atoms. The van der Waals surface area contributed by atoms with Crippen LogP contribution in [0.1, 0.15) is 18.9 Å². The molecule has 2 aromatic carbocycles. The first-order chi connectivity index (χ1) is 11.5. The van der Waals surface area contributed by atoms with Gasteiger partial charge in [0.1, 0.15) is 18.2 Å². The standard InChI is InChI=1S/C18H21FN2O3/c1-13(22)8-9-20-18(23)21-16-6-3-7-17(11-16)24-12-14-4-2-5-15(19)10-14/h2-7,10-11,13,22H,8-9,12H2,1H3,(H2,20,21,23). The molecule has 0 saturated carbocycles. The van der Waals surface area contributed by atoms with Crippen LogP contribution in [0.3, 0.4) is 0 Å². The Morgan fingerprint density at radius 1 is 1.25 bits per heavy atom. The highest BCUT2D eigenvalue weighted by molar-refractivity contribution is 5.89. The van der Waals surface area contributed by atoms with Crippen molar-refractivity contribution in [1.82, 2.24) is 5.32 Å². The predicted molar refractivity (Wildman–Crippen MR) is 90.5 cm³/mol. The quantitative estimate of drug-likeness (QED) is 0.728. The molecule has 1 unspecified atom stereocenters. The molecule has 24 heavy (non-hydrogen) atoms. The van der Waals surface area contributed by atoms with Crippen molar-refractivity contribution in [2.24, 2.45) is 0 Å². The van der Waals surface area contributed by atoms with Gasteiger partial charge in [-0.15, -0.1) is 0 Å². The Balaban J connectivity index is 1.85. The average Bonchev–Trinajstić information content (AvgIpc) is 2.53. The number of urea groups is 1. The van der Waals surface area contributed by atoms with Crippen LogP contribution in [-0.4, -0.2) is 23.8 Å². The van der Waals surface area contributed by atoms with Gasteiger partial charge in [0.2, 0.25) is 0 Å². The zero-order chi connectivity index (χ0) is 17.4. The van der Waals surface area contributed by atoms with E-state index in [9.17, 15) is 9.18 Å². The van der Waals surface area contributed by atoms with Gasteiger partial charge < -0.3 is 20.5 Å². The van der Waals surface area contributed by atoms with Gasteiger partial charge in [-0.25, -0.2) is 9.18 Å². The number of benzene rings is 2. The highest BCUT2D eigenvalue weighted by Crippen LogP contribution is 2.18. The number of aliphatic hydroxyl groups is 1. The van der Waals surface area contributed by atoms with E-state index in [-0.39, 0.29) is 18.5 Å². The first-order valence-electron chi connectivity index (χ1n) is 7.73. The smallest absolute Gasteiger partial charge is 0.319 e. The lowest BCUT2D eigenvalue weighted by atomic mass is 10.2. The molecule has 0 heterocycles. The van der Waals surface area contributed by atoms with Crippen LogP contribution < -0.4 is 15.4 Å². The summed E-state index contributed by atoms with van der Waals surface area (Å²) in [5, 5.41) is 14.5. The minimum atomic E-state index is -0.454. The Kier molecular flexibility index (Phi) is 6.57. The van der Waals surface area contributed by atoms with E-state index >= 15 is 0 Å². The fourth-order valence-corrected chi connectivity index (χ4v) is 2.03. The van der Waals surface area contributed by atoms with Crippen LogP contribution in [0.15, 0.2) is 48.5 Å². The second kappa shape index (κ2) is 8.88. The minimum absolute atomic E-state index is 0.238. The molecular formula is C18H21FN2O3. The van der Waals surface area contributed by atoms with Gasteiger partial charge in [-0.3, -0.25) is 0 Å². The van der Waals surface area contributed by atoms with Crippen molar-refractivity contribution in [2.75, 3.05) is 11.9 Å². The van der Waals surface area contributed by atoms with Crippen LogP contribution in [0.2, 0.25) is 0 Å². The maximum Gasteiger partial charge on any atom is 0.319 e. The Bertz CT molecular complexity index is 677. The summed E-state index contributed by atoms with van der Waals surface area (Å²) in [4.78, 5) is 11.7. The Morgan fingerprint density at radius 2 is 2.04 bits per heavy atom. The lowest BCUT2D eigenvalue weighted by Gasteiger charge is -2.11. The van der Waals surface area contributed by atoms with E-state index in [2.05, 4.69) is 10.6 Å². The van der Waals surface area contributed by atoms with Crippen molar-refractivity contribution in [2.45, 2.75) is 26.1 Å². The second-order valence-electron chi connectivity index (χ2n) is 5.47. The summed E-state index contributed by atoms with van der Waals surface area (Å²) >= 11 is 0. The van der Waals surface area contributed by atoms with Crippen molar-refractivity contribution in [1.29, 1.82) is 0 Å². The van der Waals surface area contributed by atoms with Crippen molar-refractivity contribution < 1.29 is 19.0 Å².